The molecule has 2 fully saturated rings. The van der Waals surface area contributed by atoms with Crippen LogP contribution in [0.2, 0.25) is 0 Å². The molecule has 1 aromatic heterocycles. The number of nitrogens with one attached hydrogen (secondary N) is 4. The van der Waals surface area contributed by atoms with Crippen LogP contribution in [0.15, 0.2) is 36.7 Å². The molecule has 43 heavy (non-hydrogen) atoms. The maximum atomic E-state index is 13.7. The van der Waals surface area contributed by atoms with E-state index in [1.165, 1.54) is 17.3 Å². The fraction of sp³-hybridized carbons (Fsp3) is 0.621. The Bertz CT molecular complexity index is 1330. The largest absolute Gasteiger partial charge is 0.444 e. The van der Waals surface area contributed by atoms with Gasteiger partial charge in [-0.1, -0.05) is 25.0 Å². The van der Waals surface area contributed by atoms with Gasteiger partial charge in [-0.2, -0.15) is 13.1 Å². The van der Waals surface area contributed by atoms with Gasteiger partial charge in [0.2, 0.25) is 11.8 Å². The predicted octanol–water partition coefficient (Wildman–Crippen LogP) is 1.81. The number of aromatic nitrogens is 1. The molecule has 4 rings (SSSR count). The maximum Gasteiger partial charge on any atom is 0.408 e. The van der Waals surface area contributed by atoms with Crippen LogP contribution >= 0.6 is 0 Å². The number of carbonyl (C=O) groups is 4. The van der Waals surface area contributed by atoms with Gasteiger partial charge in [0.05, 0.1) is 0 Å². The van der Waals surface area contributed by atoms with Crippen molar-refractivity contribution in [3.8, 4) is 0 Å². The van der Waals surface area contributed by atoms with Crippen LogP contribution in [0.1, 0.15) is 77.7 Å². The zero-order chi connectivity index (χ0) is 31.3. The van der Waals surface area contributed by atoms with E-state index in [4.69, 9.17) is 4.74 Å². The van der Waals surface area contributed by atoms with E-state index in [1.54, 1.807) is 32.9 Å². The molecule has 0 unspecified atom stereocenters. The normalized spacial score (nSPS) is 26.7. The summed E-state index contributed by atoms with van der Waals surface area (Å²) in [7, 11) is -4.24. The monoisotopic (exact) mass is 618 g/mol. The van der Waals surface area contributed by atoms with Gasteiger partial charge in [-0.15, -0.1) is 0 Å². The minimum Gasteiger partial charge on any atom is -0.444 e. The predicted molar refractivity (Wildman–Crippen MR) is 157 cm³/mol. The van der Waals surface area contributed by atoms with Gasteiger partial charge in [-0.3, -0.25) is 19.4 Å². The summed E-state index contributed by atoms with van der Waals surface area (Å²) in [6, 6.07) is 1.56. The van der Waals surface area contributed by atoms with Crippen LogP contribution in [0.25, 0.3) is 0 Å². The molecule has 3 aliphatic rings. The summed E-state index contributed by atoms with van der Waals surface area (Å²) < 4.78 is 35.3. The summed E-state index contributed by atoms with van der Waals surface area (Å²) in [6.07, 6.45) is 10.7. The molecule has 0 spiro atoms. The van der Waals surface area contributed by atoms with Gasteiger partial charge in [0.15, 0.2) is 0 Å². The van der Waals surface area contributed by atoms with Crippen molar-refractivity contribution in [1.29, 1.82) is 0 Å². The Labute approximate surface area is 252 Å². The van der Waals surface area contributed by atoms with E-state index >= 15 is 0 Å². The second-order valence-corrected chi connectivity index (χ2v) is 13.8. The fourth-order valence-electron chi connectivity index (χ4n) is 5.47. The molecule has 14 heteroatoms. The van der Waals surface area contributed by atoms with E-state index in [0.717, 1.165) is 12.8 Å². The summed E-state index contributed by atoms with van der Waals surface area (Å²) >= 11 is 0. The smallest absolute Gasteiger partial charge is 0.408 e. The molecule has 0 bridgehead atoms. The second kappa shape index (κ2) is 13.4. The number of nitrogens with zero attached hydrogens (tertiary/aromatic N) is 2. The van der Waals surface area contributed by atoms with Crippen LogP contribution in [0.3, 0.4) is 0 Å². The summed E-state index contributed by atoms with van der Waals surface area (Å²) in [5.41, 5.74) is -1.55. The number of hydrogen-bond acceptors (Lipinski definition) is 8. The zero-order valence-electron chi connectivity index (χ0n) is 24.9. The number of carbonyl (C=O) groups excluding carboxylic acids is 4. The average molecular weight is 619 g/mol. The maximum absolute atomic E-state index is 13.7. The number of rotatable bonds is 6. The number of ether oxygens (including phenoxy) is 1. The topological polar surface area (TPSA) is 176 Å². The molecule has 4 amide bonds. The summed E-state index contributed by atoms with van der Waals surface area (Å²) in [5.74, 6) is -2.17. The van der Waals surface area contributed by atoms with Gasteiger partial charge in [-0.25, -0.2) is 9.52 Å². The van der Waals surface area contributed by atoms with Gasteiger partial charge in [0.25, 0.3) is 5.91 Å². The standard InChI is InChI=1S/C29H42N6O7S/c1-28(2,3)42-27(39)32-22-11-8-6-4-5-7-10-21-18-29(21,33-24(36)23-12-9-17-35(23)25(22)37)26(38)34-43(40,41)31-19-20-13-15-30-16-14-20/h7,10,13-16,21-23,31H,4-6,8-9,11-12,17-19H2,1-3H3,(H,32,39)(H,33,36)(H,34,38)/t21-,22+,23+,29-/m1/s1. The Hall–Kier alpha value is -3.52. The summed E-state index contributed by atoms with van der Waals surface area (Å²) in [6.45, 7) is 5.47. The van der Waals surface area contributed by atoms with Crippen LogP contribution in [-0.4, -0.2) is 71.9 Å². The Kier molecular flexibility index (Phi) is 10.1. The summed E-state index contributed by atoms with van der Waals surface area (Å²) in [5, 5.41) is 5.50. The van der Waals surface area contributed by atoms with Crippen molar-refractivity contribution in [2.75, 3.05) is 6.54 Å². The molecule has 0 aromatic carbocycles. The first-order valence-corrected chi connectivity index (χ1v) is 16.3. The Morgan fingerprint density at radius 1 is 1.12 bits per heavy atom. The van der Waals surface area contributed by atoms with Gasteiger partial charge in [0.1, 0.15) is 23.2 Å². The first-order valence-electron chi connectivity index (χ1n) is 14.8. The van der Waals surface area contributed by atoms with Crippen LogP contribution in [0.4, 0.5) is 4.79 Å². The lowest BCUT2D eigenvalue weighted by atomic mass is 10.0. The highest BCUT2D eigenvalue weighted by Crippen LogP contribution is 2.45. The molecular weight excluding hydrogens is 576 g/mol. The quantitative estimate of drug-likeness (QED) is 0.349. The third kappa shape index (κ3) is 8.75. The van der Waals surface area contributed by atoms with E-state index in [1.807, 2.05) is 12.2 Å². The van der Waals surface area contributed by atoms with Gasteiger partial charge in [0, 0.05) is 31.4 Å². The van der Waals surface area contributed by atoms with Crippen molar-refractivity contribution in [2.45, 2.75) is 102 Å². The number of fused-ring (bicyclic) bond motifs is 2. The number of allylic oxidation sites excluding steroid dienone is 1. The molecule has 13 nitrogen and oxygen atoms in total. The first-order chi connectivity index (χ1) is 20.3. The third-order valence-corrected chi connectivity index (χ3v) is 8.75. The van der Waals surface area contributed by atoms with Crippen molar-refractivity contribution in [2.24, 2.45) is 5.92 Å². The SMILES string of the molecule is CC(C)(C)OC(=O)N[C@H]1CCCCCC=C[C@@H]2C[C@@]2(C(=O)NS(=O)(=O)NCc2ccncc2)NC(=O)[C@@H]2CCCN2C1=O. The van der Waals surface area contributed by atoms with Gasteiger partial charge >= 0.3 is 16.3 Å². The molecule has 4 N–H and O–H groups in total. The van der Waals surface area contributed by atoms with Crippen LogP contribution in [-0.2, 0) is 35.9 Å². The van der Waals surface area contributed by atoms with Gasteiger partial charge < -0.3 is 20.3 Å². The molecule has 1 saturated heterocycles. The molecule has 2 aliphatic heterocycles. The molecule has 4 atom stereocenters. The molecule has 236 valence electrons. The number of pyridine rings is 1. The molecule has 1 aromatic rings. The first kappa shape index (κ1) is 32.4. The second-order valence-electron chi connectivity index (χ2n) is 12.3. The van der Waals surface area contributed by atoms with Crippen molar-refractivity contribution < 1.29 is 32.3 Å². The zero-order valence-corrected chi connectivity index (χ0v) is 25.7. The Morgan fingerprint density at radius 3 is 2.58 bits per heavy atom. The number of amides is 4. The molecule has 0 radical (unpaired) electrons. The minimum atomic E-state index is -4.24. The van der Waals surface area contributed by atoms with E-state index in [-0.39, 0.29) is 18.9 Å². The number of alkyl carbamates (subject to hydrolysis) is 1. The third-order valence-electron chi connectivity index (χ3n) is 7.77. The highest BCUT2D eigenvalue weighted by atomic mass is 32.2. The van der Waals surface area contributed by atoms with Crippen LogP contribution in [0.5, 0.6) is 0 Å². The fourth-order valence-corrected chi connectivity index (χ4v) is 6.33. The lowest BCUT2D eigenvalue weighted by Gasteiger charge is -2.30. The van der Waals surface area contributed by atoms with Gasteiger partial charge in [-0.05, 0) is 77.0 Å². The lowest BCUT2D eigenvalue weighted by molar-refractivity contribution is -0.141. The minimum absolute atomic E-state index is 0.0501. The van der Waals surface area contributed by atoms with E-state index in [9.17, 15) is 27.6 Å². The van der Waals surface area contributed by atoms with E-state index in [0.29, 0.717) is 44.2 Å². The van der Waals surface area contributed by atoms with Crippen molar-refractivity contribution in [3.05, 3.63) is 42.2 Å². The molecular formula is C29H42N6O7S. The molecule has 1 saturated carbocycles. The van der Waals surface area contributed by atoms with Crippen LogP contribution < -0.4 is 20.1 Å². The lowest BCUT2D eigenvalue weighted by Crippen LogP contribution is -2.59. The van der Waals surface area contributed by atoms with Crippen LogP contribution in [0, 0.1) is 5.92 Å². The number of hydrogen-bond donors (Lipinski definition) is 4. The Balaban J connectivity index is 1.50. The Morgan fingerprint density at radius 2 is 1.86 bits per heavy atom. The highest BCUT2D eigenvalue weighted by Gasteiger charge is 2.61. The highest BCUT2D eigenvalue weighted by molar-refractivity contribution is 7.88. The van der Waals surface area contributed by atoms with E-state index < -0.39 is 57.3 Å². The van der Waals surface area contributed by atoms with Crippen molar-refractivity contribution in [1.82, 2.24) is 30.0 Å². The van der Waals surface area contributed by atoms with Crippen molar-refractivity contribution in [3.63, 3.8) is 0 Å². The van der Waals surface area contributed by atoms with Crippen molar-refractivity contribution >= 4 is 34.0 Å². The summed E-state index contributed by atoms with van der Waals surface area (Å²) in [4.78, 5) is 58.7. The molecule has 3 heterocycles. The van der Waals surface area contributed by atoms with E-state index in [2.05, 4.69) is 25.1 Å². The molecule has 1 aliphatic carbocycles. The average Bonchev–Trinajstić information content (AvgIpc) is 3.39.